The number of ketones is 3. The Morgan fingerprint density at radius 1 is 1.11 bits per heavy atom. The molecule has 6 rings (SSSR count). The second-order valence-corrected chi connectivity index (χ2v) is 12.4. The van der Waals surface area contributed by atoms with Gasteiger partial charge < -0.3 is 44.6 Å². The van der Waals surface area contributed by atoms with Crippen molar-refractivity contribution in [1.29, 1.82) is 0 Å². The first-order valence-electron chi connectivity index (χ1n) is 15.4. The largest absolute Gasteiger partial charge is 0.507 e. The summed E-state index contributed by atoms with van der Waals surface area (Å²) in [6.07, 6.45) is -2.94. The average Bonchev–Trinajstić information content (AvgIpc) is 3.58. The van der Waals surface area contributed by atoms with E-state index < -0.39 is 95.7 Å². The molecule has 4 aliphatic rings. The summed E-state index contributed by atoms with van der Waals surface area (Å²) >= 11 is 0. The van der Waals surface area contributed by atoms with Gasteiger partial charge in [-0.05, 0) is 32.8 Å². The van der Waals surface area contributed by atoms with Gasteiger partial charge in [0.25, 0.3) is 0 Å². The van der Waals surface area contributed by atoms with Gasteiger partial charge in [-0.15, -0.1) is 12.4 Å². The number of methoxy groups -OCH3 is 1. The molecule has 2 aromatic rings. The van der Waals surface area contributed by atoms with Crippen LogP contribution in [0.5, 0.6) is 17.2 Å². The van der Waals surface area contributed by atoms with Gasteiger partial charge in [0.1, 0.15) is 35.6 Å². The number of halogens is 1. The van der Waals surface area contributed by atoms with Crippen LogP contribution in [0.25, 0.3) is 0 Å². The molecule has 2 fully saturated rings. The van der Waals surface area contributed by atoms with Gasteiger partial charge in [0.15, 0.2) is 17.9 Å². The summed E-state index contributed by atoms with van der Waals surface area (Å²) in [7, 11) is 1.34. The van der Waals surface area contributed by atoms with E-state index in [1.165, 1.54) is 25.3 Å². The van der Waals surface area contributed by atoms with E-state index in [0.29, 0.717) is 0 Å². The highest BCUT2D eigenvalue weighted by atomic mass is 35.5. The Morgan fingerprint density at radius 2 is 1.79 bits per heavy atom. The molecule has 2 aliphatic heterocycles. The third-order valence-corrected chi connectivity index (χ3v) is 9.65. The normalized spacial score (nSPS) is 28.7. The lowest BCUT2D eigenvalue weighted by atomic mass is 9.72. The molecule has 0 radical (unpaired) electrons. The molecule has 2 heterocycles. The minimum absolute atomic E-state index is 0. The van der Waals surface area contributed by atoms with E-state index in [-0.39, 0.29) is 46.8 Å². The van der Waals surface area contributed by atoms with Crippen LogP contribution in [0.3, 0.4) is 0 Å². The summed E-state index contributed by atoms with van der Waals surface area (Å²) in [6.45, 7) is 4.25. The van der Waals surface area contributed by atoms with Crippen LogP contribution in [-0.4, -0.2) is 111 Å². The smallest absolute Gasteiger partial charge is 0.202 e. The first-order valence-corrected chi connectivity index (χ1v) is 15.4. The predicted molar refractivity (Wildman–Crippen MR) is 169 cm³/mol. The van der Waals surface area contributed by atoms with Crippen LogP contribution in [0.1, 0.15) is 88.6 Å². The highest BCUT2D eigenvalue weighted by Crippen LogP contribution is 2.52. The Hall–Kier alpha value is -3.59. The summed E-state index contributed by atoms with van der Waals surface area (Å²) in [6, 6.07) is 3.79. The molecule has 2 saturated heterocycles. The van der Waals surface area contributed by atoms with Crippen LogP contribution in [-0.2, 0) is 20.7 Å². The van der Waals surface area contributed by atoms with Crippen LogP contribution < -0.4 is 4.74 Å². The number of carbonyl (C=O) groups is 3. The van der Waals surface area contributed by atoms with Crippen molar-refractivity contribution in [2.75, 3.05) is 26.8 Å². The zero-order valence-corrected chi connectivity index (χ0v) is 27.1. The molecular formula is C33H39ClN2O11. The lowest BCUT2D eigenvalue weighted by Crippen LogP contribution is -2.50. The molecule has 3 unspecified atom stereocenters. The van der Waals surface area contributed by atoms with E-state index in [9.17, 15) is 39.9 Å². The number of aliphatic hydroxyl groups excluding tert-OH is 2. The number of hydrogen-bond donors (Lipinski definition) is 5. The van der Waals surface area contributed by atoms with Gasteiger partial charge in [-0.2, -0.15) is 0 Å². The molecular weight excluding hydrogens is 636 g/mol. The molecule has 47 heavy (non-hydrogen) atoms. The van der Waals surface area contributed by atoms with E-state index in [1.807, 2.05) is 6.92 Å². The van der Waals surface area contributed by atoms with Crippen molar-refractivity contribution in [2.45, 2.75) is 82.2 Å². The third kappa shape index (κ3) is 5.79. The van der Waals surface area contributed by atoms with Crippen molar-refractivity contribution in [3.8, 4) is 17.2 Å². The number of carbonyl (C=O) groups excluding carboxylic acids is 3. The lowest BCUT2D eigenvalue weighted by molar-refractivity contribution is -0.247. The van der Waals surface area contributed by atoms with Gasteiger partial charge in [0, 0.05) is 49.0 Å². The van der Waals surface area contributed by atoms with Crippen molar-refractivity contribution in [1.82, 2.24) is 4.90 Å². The molecule has 0 aromatic heterocycles. The van der Waals surface area contributed by atoms with Gasteiger partial charge in [0.2, 0.25) is 5.78 Å². The molecule has 6 atom stereocenters. The number of rotatable bonds is 6. The van der Waals surface area contributed by atoms with Crippen molar-refractivity contribution in [2.24, 2.45) is 4.99 Å². The van der Waals surface area contributed by atoms with Crippen molar-refractivity contribution >= 4 is 35.6 Å². The summed E-state index contributed by atoms with van der Waals surface area (Å²) < 4.78 is 17.6. The highest BCUT2D eigenvalue weighted by molar-refractivity contribution is 6.31. The minimum atomic E-state index is -2.25. The molecule has 5 N–H and O–H groups in total. The van der Waals surface area contributed by atoms with Gasteiger partial charge in [-0.25, -0.2) is 0 Å². The zero-order valence-electron chi connectivity index (χ0n) is 26.3. The summed E-state index contributed by atoms with van der Waals surface area (Å²) in [5.41, 5.74) is -3.58. The number of amidine groups is 1. The van der Waals surface area contributed by atoms with Crippen LogP contribution in [0.4, 0.5) is 0 Å². The Balaban J connectivity index is 0.00000433. The number of aromatic hydroxyl groups is 2. The maximum atomic E-state index is 13.9. The molecule has 0 bridgehead atoms. The van der Waals surface area contributed by atoms with Gasteiger partial charge in [0.05, 0.1) is 47.9 Å². The fourth-order valence-corrected chi connectivity index (χ4v) is 7.18. The minimum Gasteiger partial charge on any atom is -0.507 e. The highest BCUT2D eigenvalue weighted by Gasteiger charge is 2.50. The van der Waals surface area contributed by atoms with Crippen molar-refractivity contribution < 1.29 is 54.1 Å². The third-order valence-electron chi connectivity index (χ3n) is 9.65. The molecule has 0 saturated carbocycles. The molecule has 13 nitrogen and oxygen atoms in total. The van der Waals surface area contributed by atoms with E-state index in [2.05, 4.69) is 4.90 Å². The topological polar surface area (TPSA) is 196 Å². The summed E-state index contributed by atoms with van der Waals surface area (Å²) in [5.74, 6) is -2.94. The van der Waals surface area contributed by atoms with Gasteiger partial charge in [-0.3, -0.25) is 19.4 Å². The number of aliphatic hydroxyl groups is 3. The van der Waals surface area contributed by atoms with Gasteiger partial charge >= 0.3 is 0 Å². The Morgan fingerprint density at radius 3 is 2.45 bits per heavy atom. The Labute approximate surface area is 277 Å². The molecule has 2 aromatic carbocycles. The number of aliphatic imine (C=N–C) groups is 1. The number of nitrogens with zero attached hydrogens (tertiary/aromatic N) is 2. The number of Topliss-reactive ketones (excluding diaryl/α,β-unsaturated/α-hetero) is 1. The fourth-order valence-electron chi connectivity index (χ4n) is 7.18. The fraction of sp³-hybridized carbons (Fsp3) is 0.515. The summed E-state index contributed by atoms with van der Waals surface area (Å²) in [5, 5.41) is 55.3. The molecule has 254 valence electrons. The second-order valence-electron chi connectivity index (χ2n) is 12.4. The first-order chi connectivity index (χ1) is 21.9. The average molecular weight is 675 g/mol. The first kappa shape index (κ1) is 34.7. The van der Waals surface area contributed by atoms with Crippen LogP contribution >= 0.6 is 12.4 Å². The maximum Gasteiger partial charge on any atom is 0.202 e. The second kappa shape index (κ2) is 13.1. The van der Waals surface area contributed by atoms with E-state index >= 15 is 0 Å². The van der Waals surface area contributed by atoms with Crippen molar-refractivity contribution in [3.05, 3.63) is 51.6 Å². The number of phenolic OH excluding ortho intramolecular Hbond substituents is 2. The van der Waals surface area contributed by atoms with Crippen LogP contribution in [0, 0.1) is 0 Å². The van der Waals surface area contributed by atoms with Crippen LogP contribution in [0.2, 0.25) is 0 Å². The SMILES string of the molecule is COc1cccc2c1C(=O)c1c(O)c3c(c(O)c1C2=O)CC(O)(C(=O)CO)C[C@@H]3OC1C[C@H](N=C(C)N2CCCC2)[C@H](O)C(C)O1.Cl. The van der Waals surface area contributed by atoms with Gasteiger partial charge in [-0.1, -0.05) is 12.1 Å². The number of phenols is 2. The standard InChI is InChI=1S/C33H38N2O11.ClH/c1-15-28(38)19(34-16(2)35-9-4-5-10-35)11-23(45-15)46-21-13-33(43,22(37)14-36)12-18-25(21)32(42)27-26(30(18)40)29(39)17-7-6-8-20(44-3)24(17)31(27)41;/h6-8,15,19,21,23,28,36,38,40,42-43H,4-5,9-14H2,1-3H3;1H/t15?,19-,21-,23?,28+,33?;/m0./s1. The number of ether oxygens (including phenoxy) is 3. The Kier molecular flexibility index (Phi) is 9.71. The van der Waals surface area contributed by atoms with E-state index in [0.717, 1.165) is 31.8 Å². The van der Waals surface area contributed by atoms with Crippen molar-refractivity contribution in [3.63, 3.8) is 0 Å². The van der Waals surface area contributed by atoms with E-state index in [4.69, 9.17) is 19.2 Å². The number of likely N-dealkylation sites (tertiary alicyclic amines) is 1. The summed E-state index contributed by atoms with van der Waals surface area (Å²) in [4.78, 5) is 47.3. The molecule has 14 heteroatoms. The number of fused-ring (bicyclic) bond motifs is 3. The monoisotopic (exact) mass is 674 g/mol. The maximum absolute atomic E-state index is 13.9. The van der Waals surface area contributed by atoms with Crippen LogP contribution in [0.15, 0.2) is 23.2 Å². The Bertz CT molecular complexity index is 1640. The number of hydrogen-bond acceptors (Lipinski definition) is 12. The molecule has 2 aliphatic carbocycles. The molecule has 0 amide bonds. The quantitative estimate of drug-likeness (QED) is 0.145. The lowest BCUT2D eigenvalue weighted by Gasteiger charge is -2.42. The zero-order chi connectivity index (χ0) is 33.1. The van der Waals surface area contributed by atoms with E-state index in [1.54, 1.807) is 6.92 Å². The predicted octanol–water partition coefficient (Wildman–Crippen LogP) is 1.98. The number of benzene rings is 2. The molecule has 0 spiro atoms.